The second-order valence-electron chi connectivity index (χ2n) is 1.72. The third kappa shape index (κ3) is 2.89. The van der Waals surface area contributed by atoms with Crippen LogP contribution < -0.4 is 5.73 Å². The Labute approximate surface area is 58.0 Å². The number of amides is 1. The summed E-state index contributed by atoms with van der Waals surface area (Å²) in [5.74, 6) is 0. The maximum atomic E-state index is 10.0. The van der Waals surface area contributed by atoms with E-state index in [1.165, 1.54) is 13.0 Å². The van der Waals surface area contributed by atoms with E-state index < -0.39 is 18.3 Å². The van der Waals surface area contributed by atoms with E-state index in [-0.39, 0.29) is 0 Å². The number of nitrogens with two attached hydrogens (primary N) is 1. The number of hydrogen-bond acceptors (Lipinski definition) is 4. The smallest absolute Gasteiger partial charge is 0.404 e. The van der Waals surface area contributed by atoms with Gasteiger partial charge in [0, 0.05) is 0 Å². The molecule has 0 saturated carbocycles. The van der Waals surface area contributed by atoms with E-state index >= 15 is 0 Å². The van der Waals surface area contributed by atoms with Crippen molar-refractivity contribution in [2.75, 3.05) is 0 Å². The van der Waals surface area contributed by atoms with Crippen LogP contribution in [0.1, 0.15) is 6.92 Å². The van der Waals surface area contributed by atoms with Gasteiger partial charge in [-0.3, -0.25) is 0 Å². The Morgan fingerprint density at radius 3 is 2.70 bits per heavy atom. The van der Waals surface area contributed by atoms with Crippen LogP contribution in [0.3, 0.4) is 0 Å². The van der Waals surface area contributed by atoms with Gasteiger partial charge in [-0.25, -0.2) is 4.79 Å². The van der Waals surface area contributed by atoms with Gasteiger partial charge in [0.05, 0.1) is 6.07 Å². The zero-order valence-electron chi connectivity index (χ0n) is 5.44. The molecule has 0 rings (SSSR count). The second-order valence-corrected chi connectivity index (χ2v) is 1.72. The molecule has 0 saturated heterocycles. The van der Waals surface area contributed by atoms with Gasteiger partial charge in [-0.05, 0) is 6.92 Å². The van der Waals surface area contributed by atoms with Crippen molar-refractivity contribution < 1.29 is 14.6 Å². The van der Waals surface area contributed by atoms with Gasteiger partial charge in [-0.1, -0.05) is 0 Å². The fourth-order valence-corrected chi connectivity index (χ4v) is 0.353. The van der Waals surface area contributed by atoms with Gasteiger partial charge in [0.25, 0.3) is 0 Å². The Kier molecular flexibility index (Phi) is 3.22. The van der Waals surface area contributed by atoms with Gasteiger partial charge in [0.2, 0.25) is 0 Å². The van der Waals surface area contributed by atoms with E-state index in [2.05, 4.69) is 10.5 Å². The fraction of sp³-hybridized carbons (Fsp3) is 0.600. The van der Waals surface area contributed by atoms with Crippen LogP contribution >= 0.6 is 0 Å². The first-order chi connectivity index (χ1) is 4.57. The van der Waals surface area contributed by atoms with E-state index in [1.54, 1.807) is 0 Å². The topological polar surface area (TPSA) is 96.3 Å². The first kappa shape index (κ1) is 8.72. The molecule has 0 aliphatic rings. The van der Waals surface area contributed by atoms with Gasteiger partial charge in [0.15, 0.2) is 6.10 Å². The molecule has 0 fully saturated rings. The standard InChI is InChI=1S/C5H8N2O3/c1-3(4(8)2-6)10-5(7)9/h3-4,8H,1H3,(H2,7,9). The molecule has 0 aliphatic carbocycles. The molecule has 2 unspecified atom stereocenters. The molecule has 2 atom stereocenters. The minimum atomic E-state index is -1.31. The third-order valence-electron chi connectivity index (χ3n) is 0.879. The Morgan fingerprint density at radius 1 is 1.90 bits per heavy atom. The largest absolute Gasteiger partial charge is 0.443 e. The molecule has 3 N–H and O–H groups in total. The lowest BCUT2D eigenvalue weighted by atomic mass is 10.2. The number of carbonyl (C=O) groups is 1. The zero-order valence-corrected chi connectivity index (χ0v) is 5.44. The lowest BCUT2D eigenvalue weighted by Gasteiger charge is -2.10. The Balaban J connectivity index is 3.75. The van der Waals surface area contributed by atoms with Crippen molar-refractivity contribution in [1.82, 2.24) is 0 Å². The number of rotatable bonds is 2. The van der Waals surface area contributed by atoms with Crippen molar-refractivity contribution in [3.8, 4) is 6.07 Å². The molecule has 5 heteroatoms. The maximum Gasteiger partial charge on any atom is 0.404 e. The summed E-state index contributed by atoms with van der Waals surface area (Å²) in [5.41, 5.74) is 4.60. The van der Waals surface area contributed by atoms with Crippen molar-refractivity contribution in [2.24, 2.45) is 5.73 Å². The van der Waals surface area contributed by atoms with Gasteiger partial charge < -0.3 is 15.6 Å². The molecular weight excluding hydrogens is 136 g/mol. The second kappa shape index (κ2) is 3.69. The molecule has 0 aliphatic heterocycles. The highest BCUT2D eigenvalue weighted by Crippen LogP contribution is 1.95. The van der Waals surface area contributed by atoms with Crippen molar-refractivity contribution in [2.45, 2.75) is 19.1 Å². The van der Waals surface area contributed by atoms with Crippen LogP contribution in [0.25, 0.3) is 0 Å². The molecule has 0 aromatic carbocycles. The highest BCUT2D eigenvalue weighted by Gasteiger charge is 2.15. The van der Waals surface area contributed by atoms with E-state index in [0.29, 0.717) is 0 Å². The van der Waals surface area contributed by atoms with E-state index in [9.17, 15) is 4.79 Å². The van der Waals surface area contributed by atoms with Crippen LogP contribution in [-0.2, 0) is 4.74 Å². The number of nitriles is 1. The lowest BCUT2D eigenvalue weighted by Crippen LogP contribution is -2.29. The van der Waals surface area contributed by atoms with Gasteiger partial charge >= 0.3 is 6.09 Å². The van der Waals surface area contributed by atoms with Crippen LogP contribution in [0.4, 0.5) is 4.79 Å². The normalized spacial score (nSPS) is 14.9. The Bertz CT molecular complexity index is 163. The number of primary amides is 1. The third-order valence-corrected chi connectivity index (χ3v) is 0.879. The summed E-state index contributed by atoms with van der Waals surface area (Å²) in [6, 6.07) is 1.49. The minimum Gasteiger partial charge on any atom is -0.443 e. The molecule has 0 aromatic rings. The maximum absolute atomic E-state index is 10.0. The molecule has 0 spiro atoms. The SMILES string of the molecule is CC(OC(N)=O)C(O)C#N. The number of carbonyl (C=O) groups excluding carboxylic acids is 1. The Morgan fingerprint density at radius 2 is 2.40 bits per heavy atom. The predicted molar refractivity (Wildman–Crippen MR) is 31.8 cm³/mol. The highest BCUT2D eigenvalue weighted by atomic mass is 16.6. The Hall–Kier alpha value is -1.28. The average molecular weight is 144 g/mol. The minimum absolute atomic E-state index is 0.873. The number of hydrogen-bond donors (Lipinski definition) is 2. The van der Waals surface area contributed by atoms with Crippen LogP contribution in [0, 0.1) is 11.3 Å². The van der Waals surface area contributed by atoms with Gasteiger partial charge in [0.1, 0.15) is 6.10 Å². The number of nitrogens with zero attached hydrogens (tertiary/aromatic N) is 1. The van der Waals surface area contributed by atoms with Crippen LogP contribution in [0.15, 0.2) is 0 Å². The van der Waals surface area contributed by atoms with Crippen LogP contribution in [-0.4, -0.2) is 23.4 Å². The summed E-state index contributed by atoms with van der Waals surface area (Å²) >= 11 is 0. The van der Waals surface area contributed by atoms with Crippen LogP contribution in [0.5, 0.6) is 0 Å². The molecule has 5 nitrogen and oxygen atoms in total. The summed E-state index contributed by atoms with van der Waals surface area (Å²) in [6.45, 7) is 1.37. The fourth-order valence-electron chi connectivity index (χ4n) is 0.353. The number of aliphatic hydroxyl groups is 1. The number of ether oxygens (including phenoxy) is 1. The van der Waals surface area contributed by atoms with Crippen molar-refractivity contribution >= 4 is 6.09 Å². The van der Waals surface area contributed by atoms with E-state index in [4.69, 9.17) is 10.4 Å². The van der Waals surface area contributed by atoms with Crippen molar-refractivity contribution in [3.63, 3.8) is 0 Å². The lowest BCUT2D eigenvalue weighted by molar-refractivity contribution is 0.0442. The monoisotopic (exact) mass is 144 g/mol. The van der Waals surface area contributed by atoms with Gasteiger partial charge in [-0.2, -0.15) is 5.26 Å². The van der Waals surface area contributed by atoms with Crippen molar-refractivity contribution in [3.05, 3.63) is 0 Å². The summed E-state index contributed by atoms with van der Waals surface area (Å²) in [5, 5.41) is 16.8. The average Bonchev–Trinajstić information content (AvgIpc) is 1.85. The summed E-state index contributed by atoms with van der Waals surface area (Å²) in [6.07, 6.45) is -3.18. The molecule has 1 amide bonds. The zero-order chi connectivity index (χ0) is 8.15. The molecular formula is C5H8N2O3. The summed E-state index contributed by atoms with van der Waals surface area (Å²) in [4.78, 5) is 10.0. The number of aliphatic hydroxyl groups excluding tert-OH is 1. The predicted octanol–water partition coefficient (Wildman–Crippen LogP) is -0.645. The highest BCUT2D eigenvalue weighted by molar-refractivity contribution is 5.64. The molecule has 0 radical (unpaired) electrons. The van der Waals surface area contributed by atoms with Crippen LogP contribution in [0.2, 0.25) is 0 Å². The molecule has 10 heavy (non-hydrogen) atoms. The molecule has 56 valence electrons. The molecule has 0 bridgehead atoms. The first-order valence-corrected chi connectivity index (χ1v) is 2.61. The van der Waals surface area contributed by atoms with E-state index in [0.717, 1.165) is 0 Å². The summed E-state index contributed by atoms with van der Waals surface area (Å²) in [7, 11) is 0. The van der Waals surface area contributed by atoms with Crippen molar-refractivity contribution in [1.29, 1.82) is 5.26 Å². The molecule has 0 aromatic heterocycles. The molecule has 0 heterocycles. The quantitative estimate of drug-likeness (QED) is 0.503. The van der Waals surface area contributed by atoms with Gasteiger partial charge in [-0.15, -0.1) is 0 Å². The summed E-state index contributed by atoms with van der Waals surface area (Å²) < 4.78 is 4.27. The first-order valence-electron chi connectivity index (χ1n) is 2.61. The van der Waals surface area contributed by atoms with E-state index in [1.807, 2.05) is 0 Å².